The molecule has 10 heteroatoms. The van der Waals surface area contributed by atoms with Gasteiger partial charge in [-0.25, -0.2) is 9.18 Å². The molecular formula is C25H23FN4O4S. The Hall–Kier alpha value is -4.05. The highest BCUT2D eigenvalue weighted by atomic mass is 32.1. The zero-order valence-electron chi connectivity index (χ0n) is 19.3. The summed E-state index contributed by atoms with van der Waals surface area (Å²) in [6.07, 6.45) is -0.738. The molecule has 2 aromatic heterocycles. The monoisotopic (exact) mass is 494 g/mol. The normalized spacial score (nSPS) is 11.3. The van der Waals surface area contributed by atoms with Crippen molar-refractivity contribution in [3.8, 4) is 0 Å². The third-order valence-corrected chi connectivity index (χ3v) is 6.39. The van der Waals surface area contributed by atoms with E-state index in [0.717, 1.165) is 21.6 Å². The van der Waals surface area contributed by atoms with E-state index in [4.69, 9.17) is 4.74 Å². The summed E-state index contributed by atoms with van der Waals surface area (Å²) in [6.45, 7) is 5.57. The Balaban J connectivity index is 1.67. The SMILES string of the molecule is CCOC(=O)n1nc(NC(=O)c2ccc(F)cc2)c2cc(C(=O)NC(C)(C)c3ccccc3)sc21. The summed E-state index contributed by atoms with van der Waals surface area (Å²) in [6, 6.07) is 16.1. The van der Waals surface area contributed by atoms with Crippen molar-refractivity contribution in [2.75, 3.05) is 11.9 Å². The van der Waals surface area contributed by atoms with Gasteiger partial charge in [0.05, 0.1) is 22.4 Å². The van der Waals surface area contributed by atoms with Gasteiger partial charge in [0.25, 0.3) is 11.8 Å². The van der Waals surface area contributed by atoms with Crippen molar-refractivity contribution in [1.82, 2.24) is 15.1 Å². The highest BCUT2D eigenvalue weighted by Crippen LogP contribution is 2.33. The summed E-state index contributed by atoms with van der Waals surface area (Å²) in [5, 5.41) is 10.2. The van der Waals surface area contributed by atoms with Gasteiger partial charge < -0.3 is 15.4 Å². The molecule has 0 radical (unpaired) electrons. The molecule has 0 saturated heterocycles. The van der Waals surface area contributed by atoms with Gasteiger partial charge >= 0.3 is 6.09 Å². The van der Waals surface area contributed by atoms with Crippen molar-refractivity contribution < 1.29 is 23.5 Å². The lowest BCUT2D eigenvalue weighted by Gasteiger charge is -2.26. The minimum Gasteiger partial charge on any atom is -0.448 e. The molecule has 35 heavy (non-hydrogen) atoms. The summed E-state index contributed by atoms with van der Waals surface area (Å²) in [5.41, 5.74) is 0.490. The molecule has 0 bridgehead atoms. The van der Waals surface area contributed by atoms with E-state index in [1.165, 1.54) is 24.3 Å². The first-order valence-electron chi connectivity index (χ1n) is 10.8. The van der Waals surface area contributed by atoms with Crippen molar-refractivity contribution in [3.63, 3.8) is 0 Å². The van der Waals surface area contributed by atoms with Crippen LogP contribution in [-0.4, -0.2) is 34.3 Å². The van der Waals surface area contributed by atoms with Gasteiger partial charge in [0.15, 0.2) is 5.82 Å². The second kappa shape index (κ2) is 9.67. The van der Waals surface area contributed by atoms with Crippen molar-refractivity contribution in [3.05, 3.63) is 82.5 Å². The molecular weight excluding hydrogens is 471 g/mol. The molecule has 0 aliphatic heterocycles. The summed E-state index contributed by atoms with van der Waals surface area (Å²) in [4.78, 5) is 39.0. The van der Waals surface area contributed by atoms with Gasteiger partial charge in [0.2, 0.25) is 0 Å². The van der Waals surface area contributed by atoms with Gasteiger partial charge in [-0.15, -0.1) is 16.4 Å². The molecule has 0 fully saturated rings. The molecule has 2 aromatic carbocycles. The van der Waals surface area contributed by atoms with Crippen LogP contribution in [0.2, 0.25) is 0 Å². The fraction of sp³-hybridized carbons (Fsp3) is 0.200. The number of nitrogens with zero attached hydrogens (tertiary/aromatic N) is 2. The maximum Gasteiger partial charge on any atom is 0.436 e. The summed E-state index contributed by atoms with van der Waals surface area (Å²) >= 11 is 1.05. The number of hydrogen-bond donors (Lipinski definition) is 2. The predicted octanol–water partition coefficient (Wildman–Crippen LogP) is 5.16. The van der Waals surface area contributed by atoms with E-state index in [1.54, 1.807) is 13.0 Å². The van der Waals surface area contributed by atoms with Crippen LogP contribution < -0.4 is 10.6 Å². The Morgan fingerprint density at radius 3 is 2.40 bits per heavy atom. The Bertz CT molecular complexity index is 1390. The smallest absolute Gasteiger partial charge is 0.436 e. The van der Waals surface area contributed by atoms with Gasteiger partial charge in [0, 0.05) is 5.56 Å². The standard InChI is InChI=1S/C25H23FN4O4S/c1-4-34-24(33)30-23-18(20(29-30)27-21(31)15-10-12-17(26)13-11-15)14-19(35-23)22(32)28-25(2,3)16-8-6-5-7-9-16/h5-14H,4H2,1-3H3,(H,28,32)(H,27,29,31). The second-order valence-electron chi connectivity index (χ2n) is 8.19. The number of rotatable bonds is 6. The highest BCUT2D eigenvalue weighted by molar-refractivity contribution is 7.20. The van der Waals surface area contributed by atoms with Crippen LogP contribution in [0.3, 0.4) is 0 Å². The molecule has 4 rings (SSSR count). The van der Waals surface area contributed by atoms with E-state index in [9.17, 15) is 18.8 Å². The number of thiophene rings is 1. The van der Waals surface area contributed by atoms with E-state index in [2.05, 4.69) is 15.7 Å². The lowest BCUT2D eigenvalue weighted by atomic mass is 9.94. The minimum absolute atomic E-state index is 0.0833. The molecule has 0 aliphatic rings. The number of ether oxygens (including phenoxy) is 1. The fourth-order valence-electron chi connectivity index (χ4n) is 3.47. The molecule has 8 nitrogen and oxygen atoms in total. The third kappa shape index (κ3) is 5.07. The quantitative estimate of drug-likeness (QED) is 0.386. The van der Waals surface area contributed by atoms with Crippen LogP contribution in [0.4, 0.5) is 15.0 Å². The van der Waals surface area contributed by atoms with Crippen molar-refractivity contribution >= 4 is 45.3 Å². The van der Waals surface area contributed by atoms with Crippen molar-refractivity contribution in [2.24, 2.45) is 0 Å². The molecule has 0 spiro atoms. The number of hydrogen-bond acceptors (Lipinski definition) is 6. The van der Waals surface area contributed by atoms with Gasteiger partial charge in [-0.3, -0.25) is 9.59 Å². The highest BCUT2D eigenvalue weighted by Gasteiger charge is 2.27. The molecule has 4 aromatic rings. The molecule has 2 heterocycles. The Kier molecular flexibility index (Phi) is 6.65. The van der Waals surface area contributed by atoms with Gasteiger partial charge in [-0.2, -0.15) is 4.68 Å². The largest absolute Gasteiger partial charge is 0.448 e. The molecule has 0 saturated carbocycles. The summed E-state index contributed by atoms with van der Waals surface area (Å²) < 4.78 is 19.3. The van der Waals surface area contributed by atoms with E-state index in [1.807, 2.05) is 44.2 Å². The topological polar surface area (TPSA) is 102 Å². The zero-order chi connectivity index (χ0) is 25.2. The molecule has 180 valence electrons. The number of amides is 2. The molecule has 0 atom stereocenters. The predicted molar refractivity (Wildman–Crippen MR) is 131 cm³/mol. The lowest BCUT2D eigenvalue weighted by molar-refractivity contribution is 0.0915. The number of benzene rings is 2. The second-order valence-corrected chi connectivity index (χ2v) is 9.23. The number of anilines is 1. The van der Waals surface area contributed by atoms with Crippen LogP contribution in [0.25, 0.3) is 10.2 Å². The van der Waals surface area contributed by atoms with Gasteiger partial charge in [0.1, 0.15) is 10.6 Å². The van der Waals surface area contributed by atoms with Crippen molar-refractivity contribution in [1.29, 1.82) is 0 Å². The molecule has 0 unspecified atom stereocenters. The first-order chi connectivity index (χ1) is 16.7. The van der Waals surface area contributed by atoms with Crippen LogP contribution in [0.1, 0.15) is 46.4 Å². The first-order valence-corrected chi connectivity index (χ1v) is 11.7. The maximum absolute atomic E-state index is 13.2. The van der Waals surface area contributed by atoms with Crippen LogP contribution in [0.5, 0.6) is 0 Å². The van der Waals surface area contributed by atoms with Crippen LogP contribution >= 0.6 is 11.3 Å². The van der Waals surface area contributed by atoms with E-state index >= 15 is 0 Å². The minimum atomic E-state index is -0.738. The summed E-state index contributed by atoms with van der Waals surface area (Å²) in [5.74, 6) is -1.27. The van der Waals surface area contributed by atoms with E-state index in [-0.39, 0.29) is 23.9 Å². The lowest BCUT2D eigenvalue weighted by Crippen LogP contribution is -2.40. The summed E-state index contributed by atoms with van der Waals surface area (Å²) in [7, 11) is 0. The average molecular weight is 495 g/mol. The third-order valence-electron chi connectivity index (χ3n) is 5.28. The van der Waals surface area contributed by atoms with E-state index in [0.29, 0.717) is 15.1 Å². The fourth-order valence-corrected chi connectivity index (χ4v) is 4.47. The number of carbonyl (C=O) groups is 3. The Labute approximate surface area is 204 Å². The maximum atomic E-state index is 13.2. The number of nitrogens with one attached hydrogen (secondary N) is 2. The number of halogens is 1. The Morgan fingerprint density at radius 1 is 1.06 bits per heavy atom. The van der Waals surface area contributed by atoms with Crippen LogP contribution in [-0.2, 0) is 10.3 Å². The Morgan fingerprint density at radius 2 is 1.74 bits per heavy atom. The van der Waals surface area contributed by atoms with Gasteiger partial charge in [-0.1, -0.05) is 30.3 Å². The van der Waals surface area contributed by atoms with Crippen molar-refractivity contribution in [2.45, 2.75) is 26.3 Å². The number of carbonyl (C=O) groups excluding carboxylic acids is 3. The average Bonchev–Trinajstić information content (AvgIpc) is 3.41. The van der Waals surface area contributed by atoms with Crippen LogP contribution in [0, 0.1) is 5.82 Å². The molecule has 2 amide bonds. The molecule has 2 N–H and O–H groups in total. The van der Waals surface area contributed by atoms with Gasteiger partial charge in [-0.05, 0) is 56.7 Å². The van der Waals surface area contributed by atoms with E-state index < -0.39 is 23.4 Å². The zero-order valence-corrected chi connectivity index (χ0v) is 20.1. The first kappa shape index (κ1) is 24.1. The number of aromatic nitrogens is 2. The molecule has 0 aliphatic carbocycles. The number of fused-ring (bicyclic) bond motifs is 1. The van der Waals surface area contributed by atoms with Crippen LogP contribution in [0.15, 0.2) is 60.7 Å².